The Labute approximate surface area is 198 Å². The molecule has 3 amide bonds. The van der Waals surface area contributed by atoms with Gasteiger partial charge in [-0.2, -0.15) is 10.4 Å². The molecule has 0 radical (unpaired) electrons. The fourth-order valence-electron chi connectivity index (χ4n) is 4.02. The number of fused-ring (bicyclic) bond motifs is 2. The second kappa shape index (κ2) is 8.20. The fourth-order valence-corrected chi connectivity index (χ4v) is 4.28. The van der Waals surface area contributed by atoms with Crippen LogP contribution in [0.1, 0.15) is 27.5 Å². The van der Waals surface area contributed by atoms with Crippen molar-refractivity contribution in [2.75, 3.05) is 11.9 Å². The number of anilines is 1. The monoisotopic (exact) mass is 475 g/mol. The van der Waals surface area contributed by atoms with Crippen LogP contribution in [0.4, 0.5) is 10.5 Å². The van der Waals surface area contributed by atoms with Crippen molar-refractivity contribution in [3.63, 3.8) is 0 Å². The number of carbonyl (C=O) groups excluding carboxylic acids is 2. The zero-order chi connectivity index (χ0) is 24.0. The Morgan fingerprint density at radius 2 is 2.00 bits per heavy atom. The minimum atomic E-state index is -0.654. The van der Waals surface area contributed by atoms with E-state index in [4.69, 9.17) is 27.0 Å². The van der Waals surface area contributed by atoms with E-state index in [-0.39, 0.29) is 18.1 Å². The van der Waals surface area contributed by atoms with Gasteiger partial charge in [0.05, 0.1) is 41.0 Å². The van der Waals surface area contributed by atoms with Crippen LogP contribution in [0.5, 0.6) is 0 Å². The Balaban J connectivity index is 1.47. The van der Waals surface area contributed by atoms with E-state index >= 15 is 0 Å². The first kappa shape index (κ1) is 21.5. The van der Waals surface area contributed by atoms with Gasteiger partial charge in [-0.3, -0.25) is 9.48 Å². The molecule has 1 aliphatic heterocycles. The molecule has 0 spiro atoms. The number of amides is 3. The third kappa shape index (κ3) is 3.72. The molecule has 170 valence electrons. The van der Waals surface area contributed by atoms with Gasteiger partial charge in [0.1, 0.15) is 11.2 Å². The molecule has 0 saturated heterocycles. The maximum atomic E-state index is 12.9. The lowest BCUT2D eigenvalue weighted by molar-refractivity contribution is 0.0997. The highest BCUT2D eigenvalue weighted by Gasteiger charge is 2.30. The Kier molecular flexibility index (Phi) is 5.18. The highest BCUT2D eigenvalue weighted by Crippen LogP contribution is 2.34. The van der Waals surface area contributed by atoms with Crippen molar-refractivity contribution in [3.8, 4) is 17.3 Å². The van der Waals surface area contributed by atoms with Crippen LogP contribution >= 0.6 is 11.6 Å². The number of nitrogens with two attached hydrogens (primary N) is 1. The molecule has 10 nitrogen and oxygen atoms in total. The van der Waals surface area contributed by atoms with Crippen LogP contribution in [0.3, 0.4) is 0 Å². The summed E-state index contributed by atoms with van der Waals surface area (Å²) >= 11 is 6.38. The number of rotatable bonds is 3. The summed E-state index contributed by atoms with van der Waals surface area (Å²) in [6.07, 6.45) is 0. The van der Waals surface area contributed by atoms with Crippen molar-refractivity contribution in [1.82, 2.24) is 19.7 Å². The molecule has 0 aliphatic carbocycles. The third-order valence-corrected chi connectivity index (χ3v) is 5.88. The highest BCUT2D eigenvalue weighted by molar-refractivity contribution is 6.35. The summed E-state index contributed by atoms with van der Waals surface area (Å²) in [6.45, 7) is 2.64. The van der Waals surface area contributed by atoms with Gasteiger partial charge in [0, 0.05) is 24.7 Å². The molecule has 0 fully saturated rings. The number of primary amides is 1. The molecule has 2 aromatic heterocycles. The molecule has 1 aliphatic rings. The number of nitrogens with zero attached hydrogens (tertiary/aromatic N) is 5. The predicted octanol–water partition coefficient (Wildman–Crippen LogP) is 3.67. The molecule has 3 heterocycles. The summed E-state index contributed by atoms with van der Waals surface area (Å²) in [7, 11) is 0. The van der Waals surface area contributed by atoms with Gasteiger partial charge in [0.25, 0.3) is 5.91 Å². The quantitative estimate of drug-likeness (QED) is 0.462. The van der Waals surface area contributed by atoms with Crippen molar-refractivity contribution in [2.24, 2.45) is 5.73 Å². The van der Waals surface area contributed by atoms with E-state index in [0.717, 1.165) is 0 Å². The predicted molar refractivity (Wildman–Crippen MR) is 124 cm³/mol. The average Bonchev–Trinajstić information content (AvgIpc) is 3.39. The molecule has 3 N–H and O–H groups in total. The number of oxazole rings is 1. The first-order valence-corrected chi connectivity index (χ1v) is 10.7. The highest BCUT2D eigenvalue weighted by atomic mass is 35.5. The summed E-state index contributed by atoms with van der Waals surface area (Å²) in [5.74, 6) is -0.185. The van der Waals surface area contributed by atoms with Crippen molar-refractivity contribution < 1.29 is 14.0 Å². The summed E-state index contributed by atoms with van der Waals surface area (Å²) in [6, 6.07) is 11.7. The Morgan fingerprint density at radius 3 is 2.71 bits per heavy atom. The summed E-state index contributed by atoms with van der Waals surface area (Å²) in [5.41, 5.74) is 9.52. The first-order valence-electron chi connectivity index (χ1n) is 10.4. The van der Waals surface area contributed by atoms with Gasteiger partial charge >= 0.3 is 6.03 Å². The topological polar surface area (TPSA) is 143 Å². The Bertz CT molecular complexity index is 1500. The third-order valence-electron chi connectivity index (χ3n) is 5.60. The van der Waals surface area contributed by atoms with Crippen LogP contribution in [0.15, 0.2) is 40.8 Å². The molecule has 0 bridgehead atoms. The van der Waals surface area contributed by atoms with Crippen molar-refractivity contribution in [2.45, 2.75) is 20.0 Å². The molecule has 0 unspecified atom stereocenters. The summed E-state index contributed by atoms with van der Waals surface area (Å²) < 4.78 is 7.21. The normalized spacial score (nSPS) is 12.9. The van der Waals surface area contributed by atoms with Crippen molar-refractivity contribution in [3.05, 3.63) is 64.1 Å². The lowest BCUT2D eigenvalue weighted by Gasteiger charge is -2.28. The second-order valence-corrected chi connectivity index (χ2v) is 8.24. The van der Waals surface area contributed by atoms with Crippen molar-refractivity contribution in [1.29, 1.82) is 5.26 Å². The van der Waals surface area contributed by atoms with E-state index in [1.54, 1.807) is 52.9 Å². The van der Waals surface area contributed by atoms with E-state index in [2.05, 4.69) is 15.4 Å². The maximum absolute atomic E-state index is 12.9. The zero-order valence-electron chi connectivity index (χ0n) is 18.0. The lowest BCUT2D eigenvalue weighted by Crippen LogP contribution is -2.41. The molecule has 2 aromatic carbocycles. The van der Waals surface area contributed by atoms with Gasteiger partial charge in [-0.1, -0.05) is 11.6 Å². The summed E-state index contributed by atoms with van der Waals surface area (Å²) in [5, 5.41) is 16.7. The number of nitrogens with one attached hydrogen (secondary N) is 1. The molecule has 0 atom stereocenters. The van der Waals surface area contributed by atoms with E-state index in [1.807, 2.05) is 6.07 Å². The Morgan fingerprint density at radius 1 is 1.24 bits per heavy atom. The maximum Gasteiger partial charge on any atom is 0.322 e. The van der Waals surface area contributed by atoms with E-state index in [9.17, 15) is 9.59 Å². The fraction of sp³-hybridized carbons (Fsp3) is 0.174. The van der Waals surface area contributed by atoms with Crippen LogP contribution < -0.4 is 11.1 Å². The van der Waals surface area contributed by atoms with Gasteiger partial charge in [-0.25, -0.2) is 9.78 Å². The number of benzene rings is 2. The largest absolute Gasteiger partial charge is 0.439 e. The number of nitriles is 1. The lowest BCUT2D eigenvalue weighted by atomic mass is 10.0. The van der Waals surface area contributed by atoms with Gasteiger partial charge in [0.2, 0.25) is 0 Å². The van der Waals surface area contributed by atoms with Crippen molar-refractivity contribution >= 4 is 40.3 Å². The molecule has 34 heavy (non-hydrogen) atoms. The second-order valence-electron chi connectivity index (χ2n) is 7.84. The molecule has 4 aromatic rings. The molecule has 11 heteroatoms. The number of hydrogen-bond donors (Lipinski definition) is 2. The minimum absolute atomic E-state index is 0.145. The van der Waals surface area contributed by atoms with Crippen LogP contribution in [-0.2, 0) is 13.1 Å². The van der Waals surface area contributed by atoms with Gasteiger partial charge in [-0.05, 0) is 36.4 Å². The van der Waals surface area contributed by atoms with Gasteiger partial charge in [-0.15, -0.1) is 0 Å². The molecular formula is C23H18ClN7O3. The molecular weight excluding hydrogens is 458 g/mol. The van der Waals surface area contributed by atoms with Crippen LogP contribution in [0.25, 0.3) is 22.4 Å². The SMILES string of the molecule is Cc1nc2cc(-c3nn4c(c3C(N)=O)CN(C(=O)Nc3ccc(C#N)cc3)CC4)cc(Cl)c2o1. The Hall–Kier alpha value is -4.36. The number of carbonyl (C=O) groups is 2. The number of halogens is 1. The van der Waals surface area contributed by atoms with Crippen LogP contribution in [0.2, 0.25) is 5.02 Å². The number of aromatic nitrogens is 3. The minimum Gasteiger partial charge on any atom is -0.439 e. The standard InChI is InChI=1S/C23H18ClN7O3/c1-12-27-17-9-14(8-16(24)21(17)34-12)20-19(22(26)32)18-11-30(6-7-31(18)29-20)23(33)28-15-4-2-13(10-25)3-5-15/h2-5,8-9H,6-7,11H2,1H3,(H2,26,32)(H,28,33). The van der Waals surface area contributed by atoms with Crippen LogP contribution in [0, 0.1) is 18.3 Å². The van der Waals surface area contributed by atoms with E-state index in [0.29, 0.717) is 63.3 Å². The molecule has 5 rings (SSSR count). The average molecular weight is 476 g/mol. The first-order chi connectivity index (χ1) is 16.3. The smallest absolute Gasteiger partial charge is 0.322 e. The number of urea groups is 1. The van der Waals surface area contributed by atoms with Gasteiger partial charge < -0.3 is 20.4 Å². The molecule has 0 saturated carbocycles. The summed E-state index contributed by atoms with van der Waals surface area (Å²) in [4.78, 5) is 31.2. The number of aryl methyl sites for hydroxylation is 1. The van der Waals surface area contributed by atoms with Crippen LogP contribution in [-0.4, -0.2) is 38.1 Å². The van der Waals surface area contributed by atoms with E-state index in [1.165, 1.54) is 0 Å². The van der Waals surface area contributed by atoms with Gasteiger partial charge in [0.15, 0.2) is 11.5 Å². The number of hydrogen-bond acceptors (Lipinski definition) is 6. The zero-order valence-corrected chi connectivity index (χ0v) is 18.8. The van der Waals surface area contributed by atoms with E-state index < -0.39 is 5.91 Å².